The standard InChI is InChI=1S/C30H31F3N2O3/c1-19(6-7-22-4-3-5-26(18-22)30(31,32)33)34-28-20(2)35-38-29(28)25-15-13-24(14-16-25)23-11-8-21(9-12-23)10-17-27(36)37/h3-5,8-9,11-16,18-19,27,34,36-37H,6-7,10,17H2,1-2H3. The van der Waals surface area contributed by atoms with E-state index in [1.165, 1.54) is 12.1 Å². The van der Waals surface area contributed by atoms with Crippen LogP contribution in [0.25, 0.3) is 22.5 Å². The maximum Gasteiger partial charge on any atom is 0.416 e. The number of halogens is 3. The van der Waals surface area contributed by atoms with E-state index < -0.39 is 18.0 Å². The van der Waals surface area contributed by atoms with Crippen molar-refractivity contribution in [2.24, 2.45) is 0 Å². The predicted molar refractivity (Wildman–Crippen MR) is 142 cm³/mol. The summed E-state index contributed by atoms with van der Waals surface area (Å²) in [6.45, 7) is 3.83. The van der Waals surface area contributed by atoms with Crippen LogP contribution in [0.4, 0.5) is 18.9 Å². The summed E-state index contributed by atoms with van der Waals surface area (Å²) < 4.78 is 44.7. The van der Waals surface area contributed by atoms with Gasteiger partial charge in [-0.05, 0) is 61.4 Å². The van der Waals surface area contributed by atoms with Crippen molar-refractivity contribution in [1.82, 2.24) is 5.16 Å². The number of alkyl halides is 3. The zero-order chi connectivity index (χ0) is 27.3. The number of rotatable bonds is 10. The largest absolute Gasteiger partial charge is 0.416 e. The molecule has 1 aromatic heterocycles. The zero-order valence-corrected chi connectivity index (χ0v) is 21.3. The molecule has 1 unspecified atom stereocenters. The van der Waals surface area contributed by atoms with Gasteiger partial charge in [0.1, 0.15) is 11.4 Å². The summed E-state index contributed by atoms with van der Waals surface area (Å²) in [5.41, 5.74) is 5.45. The maximum absolute atomic E-state index is 13.0. The molecule has 0 aliphatic rings. The van der Waals surface area contributed by atoms with Crippen LogP contribution >= 0.6 is 0 Å². The third-order valence-corrected chi connectivity index (χ3v) is 6.50. The second-order valence-electron chi connectivity index (χ2n) is 9.55. The van der Waals surface area contributed by atoms with Crippen molar-refractivity contribution in [3.8, 4) is 22.5 Å². The summed E-state index contributed by atoms with van der Waals surface area (Å²) in [7, 11) is 0. The molecule has 5 nitrogen and oxygen atoms in total. The molecule has 8 heteroatoms. The number of aromatic nitrogens is 1. The van der Waals surface area contributed by atoms with Crippen LogP contribution in [0.15, 0.2) is 77.3 Å². The van der Waals surface area contributed by atoms with E-state index in [0.717, 1.165) is 34.0 Å². The Morgan fingerprint density at radius 3 is 2.08 bits per heavy atom. The zero-order valence-electron chi connectivity index (χ0n) is 21.3. The molecule has 0 spiro atoms. The van der Waals surface area contributed by atoms with E-state index in [2.05, 4.69) is 10.5 Å². The van der Waals surface area contributed by atoms with Gasteiger partial charge in [-0.1, -0.05) is 71.9 Å². The quantitative estimate of drug-likeness (QED) is 0.195. The molecule has 3 aromatic carbocycles. The Labute approximate surface area is 219 Å². The van der Waals surface area contributed by atoms with Gasteiger partial charge in [-0.15, -0.1) is 0 Å². The van der Waals surface area contributed by atoms with E-state index in [9.17, 15) is 13.2 Å². The SMILES string of the molecule is Cc1noc(-c2ccc(-c3ccc(CCC(O)O)cc3)cc2)c1NC(C)CCc1cccc(C(F)(F)F)c1. The van der Waals surface area contributed by atoms with Crippen LogP contribution in [0.3, 0.4) is 0 Å². The predicted octanol–water partition coefficient (Wildman–Crippen LogP) is 7.01. The lowest BCUT2D eigenvalue weighted by Crippen LogP contribution is -2.17. The third-order valence-electron chi connectivity index (χ3n) is 6.50. The Morgan fingerprint density at radius 1 is 0.842 bits per heavy atom. The minimum absolute atomic E-state index is 0.0221. The Hall–Kier alpha value is -3.62. The minimum atomic E-state index is -4.35. The van der Waals surface area contributed by atoms with Gasteiger partial charge in [0.2, 0.25) is 0 Å². The van der Waals surface area contributed by atoms with Gasteiger partial charge in [0.25, 0.3) is 0 Å². The lowest BCUT2D eigenvalue weighted by atomic mass is 10.00. The van der Waals surface area contributed by atoms with E-state index in [1.54, 1.807) is 6.07 Å². The van der Waals surface area contributed by atoms with Gasteiger partial charge in [0.15, 0.2) is 12.1 Å². The van der Waals surface area contributed by atoms with E-state index in [0.29, 0.717) is 42.7 Å². The minimum Gasteiger partial charge on any atom is -0.378 e. The van der Waals surface area contributed by atoms with Crippen molar-refractivity contribution < 1.29 is 27.9 Å². The number of aliphatic hydroxyl groups excluding tert-OH is 1. The fraction of sp³-hybridized carbons (Fsp3) is 0.300. The van der Waals surface area contributed by atoms with Crippen molar-refractivity contribution in [3.63, 3.8) is 0 Å². The fourth-order valence-electron chi connectivity index (χ4n) is 4.32. The molecule has 0 saturated carbocycles. The number of hydrogen-bond donors (Lipinski definition) is 3. The molecule has 4 aromatic rings. The third kappa shape index (κ3) is 7.02. The fourth-order valence-corrected chi connectivity index (χ4v) is 4.32. The van der Waals surface area contributed by atoms with Crippen LogP contribution in [-0.4, -0.2) is 27.7 Å². The van der Waals surface area contributed by atoms with Gasteiger partial charge < -0.3 is 20.1 Å². The van der Waals surface area contributed by atoms with Gasteiger partial charge in [0.05, 0.1) is 5.56 Å². The topological polar surface area (TPSA) is 78.5 Å². The molecule has 0 aliphatic heterocycles. The average Bonchev–Trinajstić information content (AvgIpc) is 3.26. The first-order valence-corrected chi connectivity index (χ1v) is 12.5. The number of hydrogen-bond acceptors (Lipinski definition) is 5. The normalized spacial score (nSPS) is 12.6. The van der Waals surface area contributed by atoms with Gasteiger partial charge in [-0.2, -0.15) is 13.2 Å². The van der Waals surface area contributed by atoms with Crippen LogP contribution in [0, 0.1) is 6.92 Å². The Morgan fingerprint density at radius 2 is 1.45 bits per heavy atom. The molecule has 200 valence electrons. The van der Waals surface area contributed by atoms with Crippen LogP contribution in [0.5, 0.6) is 0 Å². The molecule has 1 heterocycles. The highest BCUT2D eigenvalue weighted by Crippen LogP contribution is 2.34. The highest BCUT2D eigenvalue weighted by molar-refractivity contribution is 5.76. The summed E-state index contributed by atoms with van der Waals surface area (Å²) in [4.78, 5) is 0. The highest BCUT2D eigenvalue weighted by Gasteiger charge is 2.30. The molecule has 0 saturated heterocycles. The average molecular weight is 525 g/mol. The lowest BCUT2D eigenvalue weighted by molar-refractivity contribution is -0.137. The summed E-state index contributed by atoms with van der Waals surface area (Å²) in [5, 5.41) is 25.7. The number of nitrogens with one attached hydrogen (secondary N) is 1. The molecule has 3 N–H and O–H groups in total. The molecule has 0 aliphatic carbocycles. The Bertz CT molecular complexity index is 1330. The van der Waals surface area contributed by atoms with Crippen molar-refractivity contribution in [2.75, 3.05) is 5.32 Å². The summed E-state index contributed by atoms with van der Waals surface area (Å²) in [5.74, 6) is 0.609. The van der Waals surface area contributed by atoms with Gasteiger partial charge in [0, 0.05) is 18.0 Å². The Kier molecular flexibility index (Phi) is 8.54. The smallest absolute Gasteiger partial charge is 0.378 e. The van der Waals surface area contributed by atoms with Crippen LogP contribution < -0.4 is 5.32 Å². The van der Waals surface area contributed by atoms with Crippen molar-refractivity contribution in [3.05, 3.63) is 95.2 Å². The molecule has 0 bridgehead atoms. The van der Waals surface area contributed by atoms with Gasteiger partial charge in [-0.25, -0.2) is 0 Å². The van der Waals surface area contributed by atoms with Crippen molar-refractivity contribution in [2.45, 2.75) is 58.0 Å². The number of benzene rings is 3. The number of aryl methyl sites for hydroxylation is 3. The molecule has 0 amide bonds. The summed E-state index contributed by atoms with van der Waals surface area (Å²) in [6, 6.07) is 21.3. The first-order valence-electron chi connectivity index (χ1n) is 12.5. The van der Waals surface area contributed by atoms with E-state index >= 15 is 0 Å². The van der Waals surface area contributed by atoms with Gasteiger partial charge >= 0.3 is 6.18 Å². The van der Waals surface area contributed by atoms with Crippen LogP contribution in [0.2, 0.25) is 0 Å². The molecular weight excluding hydrogens is 493 g/mol. The van der Waals surface area contributed by atoms with E-state index in [4.69, 9.17) is 14.7 Å². The molecular formula is C30H31F3N2O3. The Balaban J connectivity index is 1.41. The van der Waals surface area contributed by atoms with E-state index in [1.807, 2.05) is 62.4 Å². The number of anilines is 1. The monoisotopic (exact) mass is 524 g/mol. The first-order chi connectivity index (χ1) is 18.1. The molecule has 0 fully saturated rings. The highest BCUT2D eigenvalue weighted by atomic mass is 19.4. The van der Waals surface area contributed by atoms with Gasteiger partial charge in [-0.3, -0.25) is 0 Å². The number of nitrogens with zero attached hydrogens (tertiary/aromatic N) is 1. The maximum atomic E-state index is 13.0. The molecule has 1 atom stereocenters. The number of aliphatic hydroxyl groups is 2. The van der Waals surface area contributed by atoms with Crippen LogP contribution in [0.1, 0.15) is 42.1 Å². The van der Waals surface area contributed by atoms with E-state index in [-0.39, 0.29) is 6.04 Å². The first kappa shape index (κ1) is 27.4. The van der Waals surface area contributed by atoms with Crippen molar-refractivity contribution in [1.29, 1.82) is 0 Å². The summed E-state index contributed by atoms with van der Waals surface area (Å²) in [6.07, 6.45) is -3.62. The second kappa shape index (κ2) is 11.8. The van der Waals surface area contributed by atoms with Crippen molar-refractivity contribution >= 4 is 5.69 Å². The molecule has 38 heavy (non-hydrogen) atoms. The second-order valence-corrected chi connectivity index (χ2v) is 9.55. The molecule has 0 radical (unpaired) electrons. The lowest BCUT2D eigenvalue weighted by Gasteiger charge is -2.16. The summed E-state index contributed by atoms with van der Waals surface area (Å²) >= 11 is 0. The molecule has 4 rings (SSSR count). The van der Waals surface area contributed by atoms with Crippen LogP contribution in [-0.2, 0) is 19.0 Å².